The molecule has 0 radical (unpaired) electrons. The van der Waals surface area contributed by atoms with Gasteiger partial charge in [-0.1, -0.05) is 18.2 Å². The average Bonchev–Trinajstić information content (AvgIpc) is 2.82. The second-order valence-electron chi connectivity index (χ2n) is 8.95. The molecule has 170 valence electrons. The van der Waals surface area contributed by atoms with Gasteiger partial charge in [-0.05, 0) is 69.1 Å². The maximum absolute atomic E-state index is 13.7. The van der Waals surface area contributed by atoms with Crippen LogP contribution in [0, 0.1) is 12.7 Å². The minimum Gasteiger partial charge on any atom is -0.297 e. The number of piperidine rings is 1. The van der Waals surface area contributed by atoms with Gasteiger partial charge in [0.25, 0.3) is 0 Å². The van der Waals surface area contributed by atoms with Gasteiger partial charge in [0.15, 0.2) is 0 Å². The molecule has 4 heterocycles. The van der Waals surface area contributed by atoms with Gasteiger partial charge in [-0.3, -0.25) is 19.6 Å². The van der Waals surface area contributed by atoms with E-state index in [9.17, 15) is 9.18 Å². The SMILES string of the molecule is Cc1nc(C2CCN(Cc3ccccn3)CC2)nc2c1CCC(=O)N2Cc1cccc(F)c1. The third kappa shape index (κ3) is 4.78. The second-order valence-corrected chi connectivity index (χ2v) is 8.95. The molecule has 3 aromatic rings. The summed E-state index contributed by atoms with van der Waals surface area (Å²) >= 11 is 0. The number of carbonyl (C=O) groups is 1. The molecule has 2 aliphatic rings. The zero-order valence-electron chi connectivity index (χ0n) is 18.9. The summed E-state index contributed by atoms with van der Waals surface area (Å²) in [6.07, 6.45) is 4.87. The minimum atomic E-state index is -0.297. The number of hydrogen-bond donors (Lipinski definition) is 0. The monoisotopic (exact) mass is 445 g/mol. The van der Waals surface area contributed by atoms with Crippen molar-refractivity contribution in [2.24, 2.45) is 0 Å². The molecule has 0 bridgehead atoms. The number of carbonyl (C=O) groups excluding carboxylic acids is 1. The smallest absolute Gasteiger partial charge is 0.228 e. The molecule has 0 saturated carbocycles. The van der Waals surface area contributed by atoms with Crippen LogP contribution in [0.4, 0.5) is 10.2 Å². The molecule has 2 aliphatic heterocycles. The lowest BCUT2D eigenvalue weighted by Crippen LogP contribution is -2.37. The van der Waals surface area contributed by atoms with E-state index < -0.39 is 0 Å². The lowest BCUT2D eigenvalue weighted by atomic mass is 9.94. The predicted molar refractivity (Wildman–Crippen MR) is 124 cm³/mol. The maximum Gasteiger partial charge on any atom is 0.228 e. The number of rotatable bonds is 5. The van der Waals surface area contributed by atoms with Crippen LogP contribution in [0.1, 0.15) is 53.5 Å². The Morgan fingerprint density at radius 3 is 2.64 bits per heavy atom. The predicted octanol–water partition coefficient (Wildman–Crippen LogP) is 4.18. The van der Waals surface area contributed by atoms with E-state index >= 15 is 0 Å². The van der Waals surface area contributed by atoms with Crippen LogP contribution in [0.25, 0.3) is 0 Å². The summed E-state index contributed by atoms with van der Waals surface area (Å²) in [5.41, 5.74) is 3.82. The second kappa shape index (κ2) is 9.35. The van der Waals surface area contributed by atoms with Gasteiger partial charge in [0, 0.05) is 36.3 Å². The van der Waals surface area contributed by atoms with E-state index in [1.54, 1.807) is 11.0 Å². The normalized spacial score (nSPS) is 17.3. The van der Waals surface area contributed by atoms with Gasteiger partial charge in [0.2, 0.25) is 5.91 Å². The number of hydrogen-bond acceptors (Lipinski definition) is 5. The first-order valence-corrected chi connectivity index (χ1v) is 11.6. The Morgan fingerprint density at radius 1 is 1.03 bits per heavy atom. The molecule has 1 amide bonds. The molecule has 5 rings (SSSR count). The van der Waals surface area contributed by atoms with Crippen molar-refractivity contribution in [2.45, 2.75) is 51.6 Å². The summed E-state index contributed by atoms with van der Waals surface area (Å²) in [4.78, 5) is 31.2. The highest BCUT2D eigenvalue weighted by atomic mass is 19.1. The highest BCUT2D eigenvalue weighted by molar-refractivity contribution is 5.95. The van der Waals surface area contributed by atoms with Crippen LogP contribution in [0.2, 0.25) is 0 Å². The van der Waals surface area contributed by atoms with Crippen molar-refractivity contribution in [3.05, 3.63) is 82.8 Å². The highest BCUT2D eigenvalue weighted by Gasteiger charge is 2.30. The molecule has 2 aromatic heterocycles. The first kappa shape index (κ1) is 21.6. The number of fused-ring (bicyclic) bond motifs is 1. The number of pyridine rings is 1. The molecule has 0 spiro atoms. The fraction of sp³-hybridized carbons (Fsp3) is 0.385. The van der Waals surface area contributed by atoms with E-state index in [1.165, 1.54) is 12.1 Å². The van der Waals surface area contributed by atoms with Gasteiger partial charge in [-0.2, -0.15) is 0 Å². The van der Waals surface area contributed by atoms with Crippen molar-refractivity contribution in [1.29, 1.82) is 0 Å². The lowest BCUT2D eigenvalue weighted by molar-refractivity contribution is -0.119. The van der Waals surface area contributed by atoms with E-state index in [-0.39, 0.29) is 17.6 Å². The quantitative estimate of drug-likeness (QED) is 0.590. The topological polar surface area (TPSA) is 62.2 Å². The Bertz CT molecular complexity index is 1140. The molecular weight excluding hydrogens is 417 g/mol. The van der Waals surface area contributed by atoms with Crippen molar-refractivity contribution in [3.8, 4) is 0 Å². The molecule has 0 atom stereocenters. The Kier molecular flexibility index (Phi) is 6.13. The summed E-state index contributed by atoms with van der Waals surface area (Å²) < 4.78 is 13.7. The van der Waals surface area contributed by atoms with E-state index in [0.717, 1.165) is 60.8 Å². The number of nitrogens with zero attached hydrogens (tertiary/aromatic N) is 5. The van der Waals surface area contributed by atoms with E-state index in [2.05, 4.69) is 16.0 Å². The van der Waals surface area contributed by atoms with Crippen molar-refractivity contribution in [1.82, 2.24) is 19.9 Å². The number of likely N-dealkylation sites (tertiary alicyclic amines) is 1. The van der Waals surface area contributed by atoms with E-state index in [1.807, 2.05) is 31.3 Å². The van der Waals surface area contributed by atoms with E-state index in [4.69, 9.17) is 9.97 Å². The number of benzene rings is 1. The molecule has 6 nitrogen and oxygen atoms in total. The number of aryl methyl sites for hydroxylation is 1. The van der Waals surface area contributed by atoms with E-state index in [0.29, 0.717) is 25.2 Å². The summed E-state index contributed by atoms with van der Waals surface area (Å²) in [5.74, 6) is 1.52. The van der Waals surface area contributed by atoms with Crippen LogP contribution in [0.15, 0.2) is 48.7 Å². The molecule has 7 heteroatoms. The fourth-order valence-corrected chi connectivity index (χ4v) is 4.84. The van der Waals surface area contributed by atoms with Crippen LogP contribution in [0.5, 0.6) is 0 Å². The summed E-state index contributed by atoms with van der Waals surface area (Å²) in [5, 5.41) is 0. The zero-order chi connectivity index (χ0) is 22.8. The third-order valence-electron chi connectivity index (χ3n) is 6.65. The van der Waals surface area contributed by atoms with Crippen LogP contribution >= 0.6 is 0 Å². The van der Waals surface area contributed by atoms with Gasteiger partial charge >= 0.3 is 0 Å². The first-order valence-electron chi connectivity index (χ1n) is 11.6. The Morgan fingerprint density at radius 2 is 1.88 bits per heavy atom. The van der Waals surface area contributed by atoms with Crippen molar-refractivity contribution < 1.29 is 9.18 Å². The minimum absolute atomic E-state index is 0.0287. The average molecular weight is 446 g/mol. The standard InChI is InChI=1S/C26H28FN5O/c1-18-23-8-9-24(33)32(16-19-5-4-6-21(27)15-19)26(23)30-25(29-18)20-10-13-31(14-11-20)17-22-7-2-3-12-28-22/h2-7,12,15,20H,8-11,13-14,16-17H2,1H3. The van der Waals surface area contributed by atoms with Gasteiger partial charge < -0.3 is 0 Å². The third-order valence-corrected chi connectivity index (χ3v) is 6.65. The zero-order valence-corrected chi connectivity index (χ0v) is 18.9. The van der Waals surface area contributed by atoms with Gasteiger partial charge in [-0.15, -0.1) is 0 Å². The number of anilines is 1. The molecule has 1 aromatic carbocycles. The van der Waals surface area contributed by atoms with Gasteiger partial charge in [0.05, 0.1) is 12.2 Å². The van der Waals surface area contributed by atoms with Crippen LogP contribution in [0.3, 0.4) is 0 Å². The van der Waals surface area contributed by atoms with Crippen molar-refractivity contribution >= 4 is 11.7 Å². The summed E-state index contributed by atoms with van der Waals surface area (Å²) in [6, 6.07) is 12.4. The van der Waals surface area contributed by atoms with Crippen LogP contribution in [-0.4, -0.2) is 38.8 Å². The Hall–Kier alpha value is -3.19. The van der Waals surface area contributed by atoms with Crippen molar-refractivity contribution in [3.63, 3.8) is 0 Å². The molecule has 1 fully saturated rings. The lowest BCUT2D eigenvalue weighted by Gasteiger charge is -2.33. The number of aromatic nitrogens is 3. The molecule has 1 saturated heterocycles. The van der Waals surface area contributed by atoms with Crippen LogP contribution in [-0.2, 0) is 24.3 Å². The Balaban J connectivity index is 1.34. The number of amides is 1. The van der Waals surface area contributed by atoms with Gasteiger partial charge in [0.1, 0.15) is 17.5 Å². The summed E-state index contributed by atoms with van der Waals surface area (Å²) in [7, 11) is 0. The van der Waals surface area contributed by atoms with Crippen LogP contribution < -0.4 is 4.90 Å². The molecule has 33 heavy (non-hydrogen) atoms. The molecule has 0 aliphatic carbocycles. The molecular formula is C26H28FN5O. The first-order chi connectivity index (χ1) is 16.1. The molecule has 0 unspecified atom stereocenters. The maximum atomic E-state index is 13.7. The largest absolute Gasteiger partial charge is 0.297 e. The summed E-state index contributed by atoms with van der Waals surface area (Å²) in [6.45, 7) is 5.12. The number of halogens is 1. The fourth-order valence-electron chi connectivity index (χ4n) is 4.84. The Labute approximate surface area is 193 Å². The molecule has 0 N–H and O–H groups in total. The highest BCUT2D eigenvalue weighted by Crippen LogP contribution is 2.33. The van der Waals surface area contributed by atoms with Crippen molar-refractivity contribution in [2.75, 3.05) is 18.0 Å². The van der Waals surface area contributed by atoms with Gasteiger partial charge in [-0.25, -0.2) is 14.4 Å².